The molecule has 0 aromatic heterocycles. The van der Waals surface area contributed by atoms with Crippen LogP contribution in [0.1, 0.15) is 19.4 Å². The van der Waals surface area contributed by atoms with Crippen LogP contribution in [0.25, 0.3) is 0 Å². The summed E-state index contributed by atoms with van der Waals surface area (Å²) in [5.74, 6) is -0.897. The van der Waals surface area contributed by atoms with Crippen LogP contribution in [0.4, 0.5) is 4.39 Å². The number of carbonyl (C=O) groups excluding carboxylic acids is 1. The topological polar surface area (TPSA) is 63.2 Å². The van der Waals surface area contributed by atoms with E-state index in [9.17, 15) is 17.6 Å². The monoisotopic (exact) mass is 287 g/mol. The van der Waals surface area contributed by atoms with Crippen molar-refractivity contribution in [2.24, 2.45) is 0 Å². The van der Waals surface area contributed by atoms with E-state index in [0.717, 1.165) is 6.26 Å². The summed E-state index contributed by atoms with van der Waals surface area (Å²) in [4.78, 5) is 11.7. The standard InChI is InChI=1S/C13H18FNO3S/c1-9(8-11-6-4-5-7-12(11)14)15-13(16)10(2)19(3,17)18/h4-7,9-10H,8H2,1-3H3,(H,15,16)/t9-,10-/m0/s1. The maximum Gasteiger partial charge on any atom is 0.238 e. The lowest BCUT2D eigenvalue weighted by Crippen LogP contribution is -2.42. The number of carbonyl (C=O) groups is 1. The molecule has 106 valence electrons. The molecule has 0 spiro atoms. The fourth-order valence-corrected chi connectivity index (χ4v) is 2.06. The molecule has 0 aliphatic rings. The average Bonchev–Trinajstić information content (AvgIpc) is 2.29. The van der Waals surface area contributed by atoms with Crippen LogP contribution in [0.15, 0.2) is 24.3 Å². The van der Waals surface area contributed by atoms with Gasteiger partial charge in [-0.3, -0.25) is 4.79 Å². The predicted octanol–water partition coefficient (Wildman–Crippen LogP) is 1.31. The Kier molecular flexibility index (Phi) is 5.05. The maximum absolute atomic E-state index is 13.4. The maximum atomic E-state index is 13.4. The van der Waals surface area contributed by atoms with E-state index in [1.165, 1.54) is 13.0 Å². The summed E-state index contributed by atoms with van der Waals surface area (Å²) in [6.07, 6.45) is 1.33. The molecule has 0 fully saturated rings. The SMILES string of the molecule is C[C@@H](Cc1ccccc1F)NC(=O)[C@H](C)S(C)(=O)=O. The second-order valence-electron chi connectivity index (χ2n) is 4.68. The Labute approximate surface area is 112 Å². The van der Waals surface area contributed by atoms with E-state index in [4.69, 9.17) is 0 Å². The van der Waals surface area contributed by atoms with Crippen LogP contribution in [-0.2, 0) is 21.1 Å². The van der Waals surface area contributed by atoms with Gasteiger partial charge >= 0.3 is 0 Å². The van der Waals surface area contributed by atoms with Crippen molar-refractivity contribution >= 4 is 15.7 Å². The van der Waals surface area contributed by atoms with Gasteiger partial charge in [0, 0.05) is 12.3 Å². The number of halogens is 1. The highest BCUT2D eigenvalue weighted by Gasteiger charge is 2.24. The first-order chi connectivity index (χ1) is 8.71. The molecule has 1 aromatic rings. The fourth-order valence-electron chi connectivity index (χ4n) is 1.60. The zero-order chi connectivity index (χ0) is 14.6. The largest absolute Gasteiger partial charge is 0.352 e. The molecule has 1 rings (SSSR count). The first-order valence-electron chi connectivity index (χ1n) is 5.94. The Morgan fingerprint density at radius 3 is 2.42 bits per heavy atom. The lowest BCUT2D eigenvalue weighted by molar-refractivity contribution is -0.121. The molecule has 19 heavy (non-hydrogen) atoms. The van der Waals surface area contributed by atoms with Crippen molar-refractivity contribution in [1.82, 2.24) is 5.32 Å². The lowest BCUT2D eigenvalue weighted by atomic mass is 10.1. The number of nitrogens with one attached hydrogen (secondary N) is 1. The molecule has 0 saturated heterocycles. The zero-order valence-electron chi connectivity index (χ0n) is 11.2. The number of benzene rings is 1. The molecule has 0 saturated carbocycles. The second kappa shape index (κ2) is 6.14. The Morgan fingerprint density at radius 1 is 1.32 bits per heavy atom. The van der Waals surface area contributed by atoms with E-state index < -0.39 is 21.0 Å². The van der Waals surface area contributed by atoms with E-state index >= 15 is 0 Å². The van der Waals surface area contributed by atoms with Gasteiger partial charge in [-0.1, -0.05) is 18.2 Å². The zero-order valence-corrected chi connectivity index (χ0v) is 12.0. The molecule has 1 aromatic carbocycles. The van der Waals surface area contributed by atoms with Gasteiger partial charge in [-0.25, -0.2) is 12.8 Å². The number of hydrogen-bond acceptors (Lipinski definition) is 3. The summed E-state index contributed by atoms with van der Waals surface area (Å²) in [6, 6.07) is 5.95. The molecule has 2 atom stereocenters. The van der Waals surface area contributed by atoms with Crippen molar-refractivity contribution in [3.8, 4) is 0 Å². The Bertz CT molecular complexity index is 557. The predicted molar refractivity (Wildman–Crippen MR) is 72.0 cm³/mol. The van der Waals surface area contributed by atoms with Crippen LogP contribution in [-0.4, -0.2) is 31.9 Å². The molecular weight excluding hydrogens is 269 g/mol. The first-order valence-corrected chi connectivity index (χ1v) is 7.90. The summed E-state index contributed by atoms with van der Waals surface area (Å²) in [5, 5.41) is 1.48. The molecule has 6 heteroatoms. The molecular formula is C13H18FNO3S. The van der Waals surface area contributed by atoms with Crippen molar-refractivity contribution in [2.45, 2.75) is 31.6 Å². The summed E-state index contributed by atoms with van der Waals surface area (Å²) >= 11 is 0. The van der Waals surface area contributed by atoms with Crippen molar-refractivity contribution in [3.63, 3.8) is 0 Å². The lowest BCUT2D eigenvalue weighted by Gasteiger charge is -2.17. The third-order valence-electron chi connectivity index (χ3n) is 2.88. The Balaban J connectivity index is 2.64. The molecule has 4 nitrogen and oxygen atoms in total. The second-order valence-corrected chi connectivity index (χ2v) is 7.04. The molecule has 0 bridgehead atoms. The molecule has 0 heterocycles. The molecule has 1 N–H and O–H groups in total. The van der Waals surface area contributed by atoms with Gasteiger partial charge < -0.3 is 5.32 Å². The van der Waals surface area contributed by atoms with E-state index in [-0.39, 0.29) is 11.9 Å². The quantitative estimate of drug-likeness (QED) is 0.888. The van der Waals surface area contributed by atoms with Crippen molar-refractivity contribution < 1.29 is 17.6 Å². The van der Waals surface area contributed by atoms with Gasteiger partial charge in [0.25, 0.3) is 0 Å². The van der Waals surface area contributed by atoms with E-state index in [1.54, 1.807) is 25.1 Å². The highest BCUT2D eigenvalue weighted by Crippen LogP contribution is 2.09. The van der Waals surface area contributed by atoms with Crippen LogP contribution >= 0.6 is 0 Å². The third kappa shape index (κ3) is 4.63. The Hall–Kier alpha value is -1.43. The number of amides is 1. The summed E-state index contributed by atoms with van der Waals surface area (Å²) in [6.45, 7) is 3.04. The van der Waals surface area contributed by atoms with Gasteiger partial charge in [0.05, 0.1) is 0 Å². The molecule has 1 amide bonds. The van der Waals surface area contributed by atoms with Gasteiger partial charge in [0.15, 0.2) is 9.84 Å². The molecule has 0 aliphatic carbocycles. The minimum atomic E-state index is -3.41. The van der Waals surface area contributed by atoms with Crippen LogP contribution in [0.5, 0.6) is 0 Å². The molecule has 0 radical (unpaired) electrons. The smallest absolute Gasteiger partial charge is 0.238 e. The van der Waals surface area contributed by atoms with Crippen LogP contribution < -0.4 is 5.32 Å². The first kappa shape index (κ1) is 15.6. The minimum absolute atomic E-state index is 0.314. The molecule has 0 unspecified atom stereocenters. The minimum Gasteiger partial charge on any atom is -0.352 e. The van der Waals surface area contributed by atoms with Crippen LogP contribution in [0.2, 0.25) is 0 Å². The summed E-state index contributed by atoms with van der Waals surface area (Å²) < 4.78 is 35.9. The highest BCUT2D eigenvalue weighted by atomic mass is 32.2. The summed E-state index contributed by atoms with van der Waals surface area (Å²) in [7, 11) is -3.41. The third-order valence-corrected chi connectivity index (χ3v) is 4.38. The van der Waals surface area contributed by atoms with Gasteiger partial charge in [-0.05, 0) is 31.9 Å². The van der Waals surface area contributed by atoms with Gasteiger partial charge in [0.2, 0.25) is 5.91 Å². The summed E-state index contributed by atoms with van der Waals surface area (Å²) in [5.41, 5.74) is 0.488. The number of rotatable bonds is 5. The van der Waals surface area contributed by atoms with Crippen molar-refractivity contribution in [2.75, 3.05) is 6.26 Å². The van der Waals surface area contributed by atoms with E-state index in [0.29, 0.717) is 12.0 Å². The Morgan fingerprint density at radius 2 is 1.89 bits per heavy atom. The van der Waals surface area contributed by atoms with Crippen LogP contribution in [0, 0.1) is 5.82 Å². The van der Waals surface area contributed by atoms with Crippen molar-refractivity contribution in [1.29, 1.82) is 0 Å². The highest BCUT2D eigenvalue weighted by molar-refractivity contribution is 7.92. The average molecular weight is 287 g/mol. The van der Waals surface area contributed by atoms with Gasteiger partial charge in [0.1, 0.15) is 11.1 Å². The number of sulfone groups is 1. The normalized spacial score (nSPS) is 14.7. The van der Waals surface area contributed by atoms with E-state index in [2.05, 4.69) is 5.32 Å². The van der Waals surface area contributed by atoms with Gasteiger partial charge in [-0.15, -0.1) is 0 Å². The number of hydrogen-bond donors (Lipinski definition) is 1. The van der Waals surface area contributed by atoms with E-state index in [1.807, 2.05) is 0 Å². The van der Waals surface area contributed by atoms with Gasteiger partial charge in [-0.2, -0.15) is 0 Å². The van der Waals surface area contributed by atoms with Crippen LogP contribution in [0.3, 0.4) is 0 Å². The molecule has 0 aliphatic heterocycles. The fraction of sp³-hybridized carbons (Fsp3) is 0.462. The van der Waals surface area contributed by atoms with Crippen molar-refractivity contribution in [3.05, 3.63) is 35.6 Å².